The van der Waals surface area contributed by atoms with Crippen LogP contribution in [0.3, 0.4) is 0 Å². The van der Waals surface area contributed by atoms with Crippen molar-refractivity contribution < 1.29 is 4.79 Å². The molecule has 1 aromatic carbocycles. The van der Waals surface area contributed by atoms with Crippen LogP contribution >= 0.6 is 11.8 Å². The van der Waals surface area contributed by atoms with Gasteiger partial charge in [-0.25, -0.2) is 0 Å². The molecule has 2 heterocycles. The Kier molecular flexibility index (Phi) is 4.66. The summed E-state index contributed by atoms with van der Waals surface area (Å²) in [5.74, 6) is 0.931. The molecule has 0 atom stereocenters. The molecule has 1 fully saturated rings. The zero-order valence-electron chi connectivity index (χ0n) is 16.4. The van der Waals surface area contributed by atoms with Crippen molar-refractivity contribution >= 4 is 34.3 Å². The molecule has 2 aromatic heterocycles. The van der Waals surface area contributed by atoms with Crippen molar-refractivity contribution in [2.75, 3.05) is 5.75 Å². The van der Waals surface area contributed by atoms with Gasteiger partial charge < -0.3 is 4.90 Å². The first-order valence-electron chi connectivity index (χ1n) is 10.1. The van der Waals surface area contributed by atoms with E-state index in [0.717, 1.165) is 37.6 Å². The van der Waals surface area contributed by atoms with Gasteiger partial charge in [0, 0.05) is 18.8 Å². The summed E-state index contributed by atoms with van der Waals surface area (Å²) in [6.07, 6.45) is 8.84. The minimum atomic E-state index is -0.0997. The van der Waals surface area contributed by atoms with Crippen LogP contribution in [0, 0.1) is 0 Å². The molecule has 5 rings (SSSR count). The molecular weight excluding hydrogens is 386 g/mol. The molecular formula is C21H23N5O2S. The Labute approximate surface area is 172 Å². The third-order valence-corrected chi connectivity index (χ3v) is 6.59. The number of hydrogen-bond acceptors (Lipinski definition) is 5. The number of benzene rings is 1. The molecule has 1 amide bonds. The van der Waals surface area contributed by atoms with E-state index >= 15 is 0 Å². The maximum absolute atomic E-state index is 13.1. The zero-order valence-corrected chi connectivity index (χ0v) is 17.2. The molecule has 0 N–H and O–H groups in total. The SMILES string of the molecule is Cn1c(=O)c2ccccc2n2c(SCC(=O)N(C3=CCCCC3)C3CC3)nnc12. The van der Waals surface area contributed by atoms with Gasteiger partial charge in [0.05, 0.1) is 16.7 Å². The van der Waals surface area contributed by atoms with Gasteiger partial charge >= 0.3 is 0 Å². The maximum atomic E-state index is 13.1. The van der Waals surface area contributed by atoms with E-state index in [2.05, 4.69) is 16.3 Å². The third-order valence-electron chi connectivity index (χ3n) is 5.68. The number of carbonyl (C=O) groups excluding carboxylic acids is 1. The molecule has 2 aliphatic carbocycles. The second-order valence-electron chi connectivity index (χ2n) is 7.72. The predicted molar refractivity (Wildman–Crippen MR) is 113 cm³/mol. The highest BCUT2D eigenvalue weighted by molar-refractivity contribution is 7.99. The van der Waals surface area contributed by atoms with Gasteiger partial charge in [0.1, 0.15) is 0 Å². The Balaban J connectivity index is 1.46. The highest BCUT2D eigenvalue weighted by Crippen LogP contribution is 2.34. The molecule has 0 spiro atoms. The number of amides is 1. The van der Waals surface area contributed by atoms with E-state index in [4.69, 9.17) is 0 Å². The number of hydrogen-bond donors (Lipinski definition) is 0. The number of rotatable bonds is 5. The summed E-state index contributed by atoms with van der Waals surface area (Å²) in [7, 11) is 1.70. The van der Waals surface area contributed by atoms with E-state index < -0.39 is 0 Å². The molecule has 0 bridgehead atoms. The van der Waals surface area contributed by atoms with Crippen molar-refractivity contribution in [3.8, 4) is 0 Å². The van der Waals surface area contributed by atoms with E-state index in [-0.39, 0.29) is 11.5 Å². The van der Waals surface area contributed by atoms with Gasteiger partial charge in [0.2, 0.25) is 11.7 Å². The second-order valence-corrected chi connectivity index (χ2v) is 8.67. The first kappa shape index (κ1) is 18.4. The molecule has 7 nitrogen and oxygen atoms in total. The van der Waals surface area contributed by atoms with Crippen molar-refractivity contribution in [1.29, 1.82) is 0 Å². The van der Waals surface area contributed by atoms with Gasteiger partial charge in [0.15, 0.2) is 5.16 Å². The topological polar surface area (TPSA) is 72.5 Å². The van der Waals surface area contributed by atoms with Crippen LogP contribution in [0.4, 0.5) is 0 Å². The monoisotopic (exact) mass is 409 g/mol. The van der Waals surface area contributed by atoms with E-state index in [1.54, 1.807) is 13.1 Å². The van der Waals surface area contributed by atoms with Crippen molar-refractivity contribution in [3.05, 3.63) is 46.4 Å². The normalized spacial score (nSPS) is 16.9. The third kappa shape index (κ3) is 3.25. The van der Waals surface area contributed by atoms with Gasteiger partial charge in [-0.2, -0.15) is 0 Å². The average Bonchev–Trinajstić information content (AvgIpc) is 3.49. The van der Waals surface area contributed by atoms with Crippen LogP contribution < -0.4 is 5.56 Å². The predicted octanol–water partition coefficient (Wildman–Crippen LogP) is 3.12. The van der Waals surface area contributed by atoms with E-state index in [9.17, 15) is 9.59 Å². The Bertz CT molecular complexity index is 1190. The first-order chi connectivity index (χ1) is 14.1. The summed E-state index contributed by atoms with van der Waals surface area (Å²) in [5, 5.41) is 9.74. The fourth-order valence-corrected chi connectivity index (χ4v) is 4.87. The maximum Gasteiger partial charge on any atom is 0.262 e. The van der Waals surface area contributed by atoms with Crippen LogP contribution in [0.5, 0.6) is 0 Å². The highest BCUT2D eigenvalue weighted by atomic mass is 32.2. The molecule has 0 radical (unpaired) electrons. The van der Waals surface area contributed by atoms with E-state index in [1.807, 2.05) is 27.5 Å². The fraction of sp³-hybridized carbons (Fsp3) is 0.429. The second kappa shape index (κ2) is 7.33. The van der Waals surface area contributed by atoms with E-state index in [1.165, 1.54) is 28.4 Å². The minimum absolute atomic E-state index is 0.0997. The number of nitrogens with zero attached hydrogens (tertiary/aromatic N) is 5. The molecule has 0 aliphatic heterocycles. The Morgan fingerprint density at radius 1 is 1.24 bits per heavy atom. The van der Waals surface area contributed by atoms with Gasteiger partial charge in [-0.15, -0.1) is 10.2 Å². The van der Waals surface area contributed by atoms with Gasteiger partial charge in [-0.1, -0.05) is 30.0 Å². The smallest absolute Gasteiger partial charge is 0.262 e. The number of thioether (sulfide) groups is 1. The summed E-state index contributed by atoms with van der Waals surface area (Å²) in [4.78, 5) is 27.7. The van der Waals surface area contributed by atoms with Crippen molar-refractivity contribution in [3.63, 3.8) is 0 Å². The summed E-state index contributed by atoms with van der Waals surface area (Å²) in [6.45, 7) is 0. The lowest BCUT2D eigenvalue weighted by Gasteiger charge is -2.27. The Morgan fingerprint density at radius 3 is 2.83 bits per heavy atom. The van der Waals surface area contributed by atoms with Crippen LogP contribution in [0.2, 0.25) is 0 Å². The Morgan fingerprint density at radius 2 is 2.07 bits per heavy atom. The van der Waals surface area contributed by atoms with Crippen molar-refractivity contribution in [2.24, 2.45) is 7.05 Å². The quantitative estimate of drug-likeness (QED) is 0.606. The van der Waals surface area contributed by atoms with Crippen LogP contribution in [-0.4, -0.2) is 41.8 Å². The highest BCUT2D eigenvalue weighted by Gasteiger charge is 2.35. The average molecular weight is 410 g/mol. The lowest BCUT2D eigenvalue weighted by Crippen LogP contribution is -2.34. The van der Waals surface area contributed by atoms with Crippen molar-refractivity contribution in [2.45, 2.75) is 49.7 Å². The fourth-order valence-electron chi connectivity index (χ4n) is 4.07. The first-order valence-corrected chi connectivity index (χ1v) is 11.1. The minimum Gasteiger partial charge on any atom is -0.313 e. The van der Waals surface area contributed by atoms with Gasteiger partial charge in [-0.3, -0.25) is 18.6 Å². The lowest BCUT2D eigenvalue weighted by atomic mass is 10.0. The largest absolute Gasteiger partial charge is 0.313 e. The summed E-state index contributed by atoms with van der Waals surface area (Å²) < 4.78 is 3.38. The molecule has 0 unspecified atom stereocenters. The van der Waals surface area contributed by atoms with Gasteiger partial charge in [-0.05, 0) is 50.7 Å². The molecule has 29 heavy (non-hydrogen) atoms. The number of aromatic nitrogens is 4. The van der Waals surface area contributed by atoms with Crippen LogP contribution in [0.1, 0.15) is 38.5 Å². The zero-order chi connectivity index (χ0) is 20.0. The molecule has 2 aliphatic rings. The van der Waals surface area contributed by atoms with Crippen LogP contribution in [0.15, 0.2) is 46.0 Å². The van der Waals surface area contributed by atoms with E-state index in [0.29, 0.717) is 28.1 Å². The lowest BCUT2D eigenvalue weighted by molar-refractivity contribution is -0.127. The molecule has 150 valence electrons. The standard InChI is InChI=1S/C21H23N5O2S/c1-24-19(28)16-9-5-6-10-17(16)26-20(24)22-23-21(26)29-13-18(27)25(15-11-12-15)14-7-3-2-4-8-14/h5-7,9-10,15H,2-4,8,11-13H2,1H3. The summed E-state index contributed by atoms with van der Waals surface area (Å²) >= 11 is 1.39. The number of para-hydroxylation sites is 1. The molecule has 8 heteroatoms. The molecule has 1 saturated carbocycles. The van der Waals surface area contributed by atoms with Gasteiger partial charge in [0.25, 0.3) is 5.56 Å². The number of carbonyl (C=O) groups is 1. The molecule has 0 saturated heterocycles. The Hall–Kier alpha value is -2.61. The summed E-state index contributed by atoms with van der Waals surface area (Å²) in [6, 6.07) is 7.81. The van der Waals surface area contributed by atoms with Crippen molar-refractivity contribution in [1.82, 2.24) is 24.1 Å². The number of fused-ring (bicyclic) bond motifs is 3. The number of allylic oxidation sites excluding steroid dienone is 2. The van der Waals surface area contributed by atoms with Crippen LogP contribution in [0.25, 0.3) is 16.7 Å². The summed E-state index contributed by atoms with van der Waals surface area (Å²) in [5.41, 5.74) is 1.86. The number of aryl methyl sites for hydroxylation is 1. The van der Waals surface area contributed by atoms with Crippen LogP contribution in [-0.2, 0) is 11.8 Å². The molecule has 3 aromatic rings.